The van der Waals surface area contributed by atoms with Gasteiger partial charge in [-0.3, -0.25) is 0 Å². The summed E-state index contributed by atoms with van der Waals surface area (Å²) in [6, 6.07) is 0.0700. The number of alkyl halides is 2. The second-order valence-electron chi connectivity index (χ2n) is 7.87. The zero-order chi connectivity index (χ0) is 17.8. The molecule has 2 aromatic heterocycles. The lowest BCUT2D eigenvalue weighted by atomic mass is 9.96. The highest BCUT2D eigenvalue weighted by Crippen LogP contribution is 2.35. The van der Waals surface area contributed by atoms with Gasteiger partial charge >= 0.3 is 0 Å². The number of anilines is 1. The van der Waals surface area contributed by atoms with Crippen molar-refractivity contribution in [2.24, 2.45) is 0 Å². The number of nitrogens with zero attached hydrogens (tertiary/aromatic N) is 6. The van der Waals surface area contributed by atoms with Gasteiger partial charge in [-0.15, -0.1) is 5.10 Å². The van der Waals surface area contributed by atoms with E-state index in [2.05, 4.69) is 20.3 Å². The van der Waals surface area contributed by atoms with Crippen molar-refractivity contribution in [1.82, 2.24) is 25.0 Å². The van der Waals surface area contributed by atoms with E-state index < -0.39 is 5.92 Å². The zero-order valence-corrected chi connectivity index (χ0v) is 14.7. The van der Waals surface area contributed by atoms with Gasteiger partial charge < -0.3 is 9.64 Å². The molecule has 4 rings (SSSR count). The summed E-state index contributed by atoms with van der Waals surface area (Å²) in [6.07, 6.45) is 0.665. The molecule has 2 aliphatic heterocycles. The summed E-state index contributed by atoms with van der Waals surface area (Å²) in [5, 5.41) is 8.46. The summed E-state index contributed by atoms with van der Waals surface area (Å²) in [6.45, 7) is 7.15. The molecule has 0 N–H and O–H groups in total. The van der Waals surface area contributed by atoms with Crippen LogP contribution in [0.25, 0.3) is 11.2 Å². The number of ether oxygens (including phenoxy) is 1. The van der Waals surface area contributed by atoms with Gasteiger partial charge in [-0.25, -0.2) is 23.4 Å². The molecule has 0 radical (unpaired) electrons. The lowest BCUT2D eigenvalue weighted by Gasteiger charge is -2.22. The molecule has 0 amide bonds. The molecule has 0 bridgehead atoms. The van der Waals surface area contributed by atoms with Crippen molar-refractivity contribution in [3.8, 4) is 0 Å². The smallest absolute Gasteiger partial charge is 0.266 e. The van der Waals surface area contributed by atoms with Crippen molar-refractivity contribution in [2.75, 3.05) is 31.2 Å². The van der Waals surface area contributed by atoms with Gasteiger partial charge in [0.1, 0.15) is 5.82 Å². The van der Waals surface area contributed by atoms with Gasteiger partial charge in [0.15, 0.2) is 17.0 Å². The van der Waals surface area contributed by atoms with Crippen molar-refractivity contribution >= 4 is 17.0 Å². The number of hydrogen-bond donors (Lipinski definition) is 0. The van der Waals surface area contributed by atoms with Crippen molar-refractivity contribution in [3.63, 3.8) is 0 Å². The zero-order valence-electron chi connectivity index (χ0n) is 14.7. The molecule has 0 aliphatic carbocycles. The van der Waals surface area contributed by atoms with E-state index in [0.29, 0.717) is 36.0 Å². The fourth-order valence-corrected chi connectivity index (χ4v) is 3.25. The van der Waals surface area contributed by atoms with E-state index in [4.69, 9.17) is 4.74 Å². The lowest BCUT2D eigenvalue weighted by Crippen LogP contribution is -2.27. The molecular weight excluding hydrogens is 330 g/mol. The van der Waals surface area contributed by atoms with Crippen molar-refractivity contribution in [3.05, 3.63) is 5.82 Å². The molecule has 0 aromatic carbocycles. The molecule has 4 heterocycles. The molecule has 9 heteroatoms. The van der Waals surface area contributed by atoms with Crippen LogP contribution in [-0.2, 0) is 10.2 Å². The van der Waals surface area contributed by atoms with Crippen LogP contribution < -0.4 is 4.90 Å². The van der Waals surface area contributed by atoms with E-state index in [1.54, 1.807) is 9.58 Å². The molecule has 0 spiro atoms. The molecule has 2 aromatic rings. The van der Waals surface area contributed by atoms with Crippen LogP contribution in [0.4, 0.5) is 14.6 Å². The number of aromatic nitrogens is 5. The van der Waals surface area contributed by atoms with E-state index in [1.807, 2.05) is 20.8 Å². The molecule has 0 unspecified atom stereocenters. The van der Waals surface area contributed by atoms with Crippen LogP contribution in [0.3, 0.4) is 0 Å². The molecular formula is C16H22F2N6O. The van der Waals surface area contributed by atoms with E-state index in [1.165, 1.54) is 0 Å². The summed E-state index contributed by atoms with van der Waals surface area (Å²) >= 11 is 0. The van der Waals surface area contributed by atoms with Crippen LogP contribution in [0.2, 0.25) is 0 Å². The quantitative estimate of drug-likeness (QED) is 0.826. The number of rotatable bonds is 2. The third kappa shape index (κ3) is 2.94. The van der Waals surface area contributed by atoms with Crippen LogP contribution in [0, 0.1) is 0 Å². The summed E-state index contributed by atoms with van der Waals surface area (Å²) in [4.78, 5) is 10.9. The molecule has 2 fully saturated rings. The maximum absolute atomic E-state index is 13.7. The molecule has 25 heavy (non-hydrogen) atoms. The first-order valence-electron chi connectivity index (χ1n) is 8.58. The average molecular weight is 352 g/mol. The number of fused-ring (bicyclic) bond motifs is 1. The lowest BCUT2D eigenvalue weighted by molar-refractivity contribution is 0.0257. The predicted molar refractivity (Wildman–Crippen MR) is 88.1 cm³/mol. The molecule has 2 saturated heterocycles. The Morgan fingerprint density at radius 1 is 1.24 bits per heavy atom. The van der Waals surface area contributed by atoms with Crippen LogP contribution in [0.1, 0.15) is 45.5 Å². The van der Waals surface area contributed by atoms with Gasteiger partial charge in [0, 0.05) is 25.0 Å². The predicted octanol–water partition coefficient (Wildman–Crippen LogP) is 2.33. The molecule has 2 aliphatic rings. The molecule has 7 nitrogen and oxygen atoms in total. The van der Waals surface area contributed by atoms with Gasteiger partial charge in [-0.05, 0) is 6.42 Å². The average Bonchev–Trinajstić information content (AvgIpc) is 3.23. The van der Waals surface area contributed by atoms with E-state index in [-0.39, 0.29) is 31.0 Å². The van der Waals surface area contributed by atoms with Crippen molar-refractivity contribution in [2.45, 2.75) is 51.0 Å². The van der Waals surface area contributed by atoms with Gasteiger partial charge in [0.25, 0.3) is 5.92 Å². The van der Waals surface area contributed by atoms with Crippen LogP contribution in [0.5, 0.6) is 0 Å². The molecule has 136 valence electrons. The van der Waals surface area contributed by atoms with Crippen molar-refractivity contribution in [1.29, 1.82) is 0 Å². The summed E-state index contributed by atoms with van der Waals surface area (Å²) < 4.78 is 34.6. The van der Waals surface area contributed by atoms with E-state index >= 15 is 0 Å². The second kappa shape index (κ2) is 5.55. The third-order valence-electron chi connectivity index (χ3n) is 4.70. The van der Waals surface area contributed by atoms with E-state index in [0.717, 1.165) is 6.42 Å². The fraction of sp³-hybridized carbons (Fsp3) is 0.750. The van der Waals surface area contributed by atoms with E-state index in [9.17, 15) is 8.78 Å². The first kappa shape index (κ1) is 16.6. The number of hydrogen-bond acceptors (Lipinski definition) is 6. The molecule has 1 atom stereocenters. The Balaban J connectivity index is 1.86. The molecule has 0 saturated carbocycles. The minimum Gasteiger partial charge on any atom is -0.379 e. The van der Waals surface area contributed by atoms with Crippen molar-refractivity contribution < 1.29 is 13.5 Å². The number of halogens is 2. The maximum atomic E-state index is 13.7. The Hall–Kier alpha value is -1.90. The standard InChI is InChI=1S/C16H22F2N6O/c1-15(2,3)14-19-12(23-6-5-16(17,18)9-23)11-13(20-14)24(22-21-11)10-4-7-25-8-10/h10H,4-9H2,1-3H3/t10-/m0/s1. The van der Waals surface area contributed by atoms with Gasteiger partial charge in [-0.1, -0.05) is 26.0 Å². The first-order chi connectivity index (χ1) is 11.7. The summed E-state index contributed by atoms with van der Waals surface area (Å²) in [5.74, 6) is -1.64. The largest absolute Gasteiger partial charge is 0.379 e. The Labute approximate surface area is 144 Å². The van der Waals surface area contributed by atoms with Gasteiger partial charge in [-0.2, -0.15) is 0 Å². The highest BCUT2D eigenvalue weighted by Gasteiger charge is 2.40. The Morgan fingerprint density at radius 2 is 2.04 bits per heavy atom. The monoisotopic (exact) mass is 352 g/mol. The second-order valence-corrected chi connectivity index (χ2v) is 7.87. The van der Waals surface area contributed by atoms with Gasteiger partial charge in [0.05, 0.1) is 19.2 Å². The van der Waals surface area contributed by atoms with Crippen LogP contribution >= 0.6 is 0 Å². The highest BCUT2D eigenvalue weighted by molar-refractivity contribution is 5.83. The Bertz CT molecular complexity index is 794. The normalized spacial score (nSPS) is 23.7. The highest BCUT2D eigenvalue weighted by atomic mass is 19.3. The summed E-state index contributed by atoms with van der Waals surface area (Å²) in [5.41, 5.74) is 0.769. The maximum Gasteiger partial charge on any atom is 0.266 e. The fourth-order valence-electron chi connectivity index (χ4n) is 3.25. The Kier molecular flexibility index (Phi) is 3.68. The van der Waals surface area contributed by atoms with Crippen LogP contribution in [0.15, 0.2) is 0 Å². The Morgan fingerprint density at radius 3 is 2.64 bits per heavy atom. The summed E-state index contributed by atoms with van der Waals surface area (Å²) in [7, 11) is 0. The third-order valence-corrected chi connectivity index (χ3v) is 4.70. The topological polar surface area (TPSA) is 69.0 Å². The minimum absolute atomic E-state index is 0.0700. The SMILES string of the molecule is CC(C)(C)c1nc(N2CCC(F)(F)C2)c2nnn([C@H]3CCOC3)c2n1. The van der Waals surface area contributed by atoms with Crippen LogP contribution in [-0.4, -0.2) is 57.2 Å². The first-order valence-corrected chi connectivity index (χ1v) is 8.58. The van der Waals surface area contributed by atoms with Gasteiger partial charge in [0.2, 0.25) is 0 Å². The minimum atomic E-state index is -2.70.